The third-order valence-corrected chi connectivity index (χ3v) is 5.97. The second-order valence-corrected chi connectivity index (χ2v) is 8.90. The van der Waals surface area contributed by atoms with Crippen molar-refractivity contribution in [2.45, 2.75) is 19.3 Å². The van der Waals surface area contributed by atoms with Crippen LogP contribution in [0.4, 0.5) is 8.78 Å². The molecule has 4 rings (SSSR count). The average molecular weight is 481 g/mol. The molecule has 0 aliphatic rings. The number of aromatic nitrogens is 1. The molecule has 0 saturated carbocycles. The molecule has 8 heteroatoms. The molecule has 182 valence electrons. The van der Waals surface area contributed by atoms with Crippen molar-refractivity contribution in [1.82, 2.24) is 4.57 Å². The highest BCUT2D eigenvalue weighted by Gasteiger charge is 2.33. The molecule has 3 aromatic carbocycles. The smallest absolute Gasteiger partial charge is 0.335 e. The lowest BCUT2D eigenvalue weighted by Gasteiger charge is -2.28. The number of carboxylic acid groups (broad SMARTS) is 1. The number of nitrogens with zero attached hydrogens (tertiary/aromatic N) is 1. The Labute approximate surface area is 201 Å². The molecule has 0 aliphatic heterocycles. The summed E-state index contributed by atoms with van der Waals surface area (Å²) in [5, 5.41) is 20.6. The minimum absolute atomic E-state index is 0.0569. The molecule has 0 amide bonds. The largest absolute Gasteiger partial charge is 0.507 e. The van der Waals surface area contributed by atoms with Gasteiger partial charge in [-0.3, -0.25) is 0 Å². The number of halogens is 2. The summed E-state index contributed by atoms with van der Waals surface area (Å²) in [5.41, 5.74) is 1.91. The van der Waals surface area contributed by atoms with Crippen LogP contribution in [0.25, 0.3) is 27.7 Å². The highest BCUT2D eigenvalue weighted by molar-refractivity contribution is 6.04. The lowest BCUT2D eigenvalue weighted by Crippen LogP contribution is -2.27. The molecule has 0 radical (unpaired) electrons. The Kier molecular flexibility index (Phi) is 6.25. The van der Waals surface area contributed by atoms with Gasteiger partial charge in [-0.25, -0.2) is 13.6 Å². The van der Waals surface area contributed by atoms with Crippen molar-refractivity contribution < 1.29 is 33.3 Å². The molecule has 0 fully saturated rings. The van der Waals surface area contributed by atoms with Gasteiger partial charge in [-0.05, 0) is 35.9 Å². The van der Waals surface area contributed by atoms with Gasteiger partial charge in [0.05, 0.1) is 30.2 Å². The van der Waals surface area contributed by atoms with E-state index in [9.17, 15) is 23.8 Å². The first-order valence-electron chi connectivity index (χ1n) is 10.8. The summed E-state index contributed by atoms with van der Waals surface area (Å²) in [5.74, 6) is -2.57. The van der Waals surface area contributed by atoms with Crippen molar-refractivity contribution in [3.63, 3.8) is 0 Å². The number of phenolic OH excluding ortho intramolecular Hbond substituents is 1. The molecule has 0 unspecified atom stereocenters. The molecule has 35 heavy (non-hydrogen) atoms. The van der Waals surface area contributed by atoms with E-state index in [1.54, 1.807) is 29.9 Å². The van der Waals surface area contributed by atoms with Gasteiger partial charge in [0.15, 0.2) is 11.6 Å². The van der Waals surface area contributed by atoms with Crippen LogP contribution in [0.15, 0.2) is 54.6 Å². The van der Waals surface area contributed by atoms with E-state index in [4.69, 9.17) is 9.47 Å². The van der Waals surface area contributed by atoms with E-state index in [0.717, 1.165) is 6.07 Å². The Balaban J connectivity index is 2.18. The van der Waals surface area contributed by atoms with Crippen LogP contribution < -0.4 is 4.74 Å². The Morgan fingerprint density at radius 2 is 1.71 bits per heavy atom. The number of aromatic carboxylic acids is 1. The maximum Gasteiger partial charge on any atom is 0.335 e. The summed E-state index contributed by atoms with van der Waals surface area (Å²) in [6, 6.07) is 12.9. The minimum atomic E-state index is -1.07. The van der Waals surface area contributed by atoms with Crippen molar-refractivity contribution >= 4 is 16.9 Å². The lowest BCUT2D eigenvalue weighted by molar-refractivity contribution is 0.0697. The number of fused-ring (bicyclic) bond motifs is 1. The molecule has 6 nitrogen and oxygen atoms in total. The predicted octanol–water partition coefficient (Wildman–Crippen LogP) is 5.91. The van der Waals surface area contributed by atoms with Gasteiger partial charge in [-0.2, -0.15) is 0 Å². The number of carbonyl (C=O) groups is 1. The predicted molar refractivity (Wildman–Crippen MR) is 129 cm³/mol. The Morgan fingerprint density at radius 1 is 1.03 bits per heavy atom. The summed E-state index contributed by atoms with van der Waals surface area (Å²) in [7, 11) is 2.92. The fourth-order valence-electron chi connectivity index (χ4n) is 4.55. The van der Waals surface area contributed by atoms with E-state index in [1.165, 1.54) is 37.4 Å². The second kappa shape index (κ2) is 9.03. The van der Waals surface area contributed by atoms with E-state index in [1.807, 2.05) is 13.8 Å². The quantitative estimate of drug-likeness (QED) is 0.343. The van der Waals surface area contributed by atoms with Crippen molar-refractivity contribution in [3.05, 3.63) is 77.5 Å². The zero-order chi connectivity index (χ0) is 25.5. The number of hydrogen-bond acceptors (Lipinski definition) is 4. The molecule has 2 N–H and O–H groups in total. The average Bonchev–Trinajstić information content (AvgIpc) is 3.15. The van der Waals surface area contributed by atoms with Crippen LogP contribution in [-0.2, 0) is 10.2 Å². The maximum atomic E-state index is 14.8. The third kappa shape index (κ3) is 4.21. The highest BCUT2D eigenvalue weighted by Crippen LogP contribution is 2.46. The van der Waals surface area contributed by atoms with Crippen molar-refractivity contribution in [2.75, 3.05) is 20.8 Å². The van der Waals surface area contributed by atoms with Gasteiger partial charge in [0, 0.05) is 41.6 Å². The highest BCUT2D eigenvalue weighted by atomic mass is 19.1. The van der Waals surface area contributed by atoms with Gasteiger partial charge in [-0.1, -0.05) is 26.0 Å². The van der Waals surface area contributed by atoms with E-state index < -0.39 is 23.0 Å². The van der Waals surface area contributed by atoms with Crippen LogP contribution in [0.3, 0.4) is 0 Å². The molecule has 1 heterocycles. The van der Waals surface area contributed by atoms with Crippen LogP contribution in [-0.4, -0.2) is 41.6 Å². The van der Waals surface area contributed by atoms with Crippen molar-refractivity contribution in [1.29, 1.82) is 0 Å². The first-order chi connectivity index (χ1) is 16.6. The lowest BCUT2D eigenvalue weighted by atomic mass is 9.84. The van der Waals surface area contributed by atoms with Crippen LogP contribution in [0.1, 0.15) is 29.9 Å². The van der Waals surface area contributed by atoms with Gasteiger partial charge in [0.1, 0.15) is 11.6 Å². The van der Waals surface area contributed by atoms with Crippen molar-refractivity contribution in [2.24, 2.45) is 0 Å². The number of hydrogen-bond donors (Lipinski definition) is 2. The Bertz CT molecular complexity index is 1420. The standard InChI is InChI=1S/C27H25F2NO5/c1-27(2,14-34-3)25-23(15-5-7-16(8-6-15)26(32)33)24-20(11-17(28)12-21(24)31)30(25)18-9-10-22(35-4)19(29)13-18/h5-13,31H,14H2,1-4H3,(H,32,33). The molecule has 0 saturated heterocycles. The number of rotatable bonds is 7. The summed E-state index contributed by atoms with van der Waals surface area (Å²) in [6.45, 7) is 4.10. The molecular weight excluding hydrogens is 456 g/mol. The fraction of sp³-hybridized carbons (Fsp3) is 0.222. The van der Waals surface area contributed by atoms with E-state index in [-0.39, 0.29) is 23.7 Å². The zero-order valence-electron chi connectivity index (χ0n) is 19.7. The fourth-order valence-corrected chi connectivity index (χ4v) is 4.55. The van der Waals surface area contributed by atoms with E-state index in [0.29, 0.717) is 33.4 Å². The number of phenols is 1. The second-order valence-electron chi connectivity index (χ2n) is 8.90. The number of benzene rings is 3. The van der Waals surface area contributed by atoms with Crippen LogP contribution >= 0.6 is 0 Å². The number of ether oxygens (including phenoxy) is 2. The molecule has 0 spiro atoms. The van der Waals surface area contributed by atoms with E-state index in [2.05, 4.69) is 0 Å². The number of carboxylic acids is 1. The molecule has 0 bridgehead atoms. The SMILES string of the molecule is COCC(C)(C)c1c(-c2ccc(C(=O)O)cc2)c2c(O)cc(F)cc2n1-c1ccc(OC)c(F)c1. The van der Waals surface area contributed by atoms with Crippen LogP contribution in [0, 0.1) is 11.6 Å². The van der Waals surface area contributed by atoms with Crippen molar-refractivity contribution in [3.8, 4) is 28.3 Å². The molecule has 0 atom stereocenters. The summed E-state index contributed by atoms with van der Waals surface area (Å²) >= 11 is 0. The van der Waals surface area contributed by atoms with Crippen LogP contribution in [0.5, 0.6) is 11.5 Å². The first-order valence-corrected chi connectivity index (χ1v) is 10.8. The van der Waals surface area contributed by atoms with E-state index >= 15 is 0 Å². The van der Waals surface area contributed by atoms with Gasteiger partial charge < -0.3 is 24.3 Å². The summed E-state index contributed by atoms with van der Waals surface area (Å²) < 4.78 is 41.6. The Hall–Kier alpha value is -3.91. The minimum Gasteiger partial charge on any atom is -0.507 e. The monoisotopic (exact) mass is 481 g/mol. The molecule has 1 aromatic heterocycles. The third-order valence-electron chi connectivity index (χ3n) is 5.97. The summed E-state index contributed by atoms with van der Waals surface area (Å²) in [6.07, 6.45) is 0. The first kappa shape index (κ1) is 24.2. The van der Waals surface area contributed by atoms with Gasteiger partial charge in [0.2, 0.25) is 0 Å². The number of aromatic hydroxyl groups is 1. The topological polar surface area (TPSA) is 80.9 Å². The Morgan fingerprint density at radius 3 is 2.29 bits per heavy atom. The van der Waals surface area contributed by atoms with Gasteiger partial charge >= 0.3 is 5.97 Å². The molecule has 4 aromatic rings. The van der Waals surface area contributed by atoms with Gasteiger partial charge in [-0.15, -0.1) is 0 Å². The maximum absolute atomic E-state index is 14.8. The number of methoxy groups -OCH3 is 2. The van der Waals surface area contributed by atoms with Gasteiger partial charge in [0.25, 0.3) is 0 Å². The zero-order valence-corrected chi connectivity index (χ0v) is 19.7. The summed E-state index contributed by atoms with van der Waals surface area (Å²) in [4.78, 5) is 11.4. The normalized spacial score (nSPS) is 11.7. The molecule has 0 aliphatic carbocycles. The molecular formula is C27H25F2NO5. The van der Waals surface area contributed by atoms with Crippen LogP contribution in [0.2, 0.25) is 0 Å².